The van der Waals surface area contributed by atoms with Gasteiger partial charge in [-0.25, -0.2) is 9.78 Å². The van der Waals surface area contributed by atoms with E-state index in [-0.39, 0.29) is 29.3 Å². The van der Waals surface area contributed by atoms with Gasteiger partial charge >= 0.3 is 5.97 Å². The fourth-order valence-electron chi connectivity index (χ4n) is 3.95. The molecule has 0 bridgehead atoms. The average Bonchev–Trinajstić information content (AvgIpc) is 2.88. The average molecular weight is 561 g/mol. The number of oxime groups is 1. The lowest BCUT2D eigenvalue weighted by Gasteiger charge is -2.49. The maximum atomic E-state index is 13.1. The van der Waals surface area contributed by atoms with E-state index in [4.69, 9.17) is 11.5 Å². The van der Waals surface area contributed by atoms with Crippen molar-refractivity contribution in [3.05, 3.63) is 58.5 Å². The Hall–Kier alpha value is -3.07. The Morgan fingerprint density at radius 3 is 2.81 bits per heavy atom. The zero-order valence-corrected chi connectivity index (χ0v) is 21.9. The van der Waals surface area contributed by atoms with Crippen LogP contribution in [-0.4, -0.2) is 72.0 Å². The largest absolute Gasteiger partial charge is 0.477 e. The van der Waals surface area contributed by atoms with Crippen LogP contribution in [0.15, 0.2) is 57.3 Å². The van der Waals surface area contributed by atoms with Crippen LogP contribution in [0.2, 0.25) is 0 Å². The van der Waals surface area contributed by atoms with Crippen molar-refractivity contribution >= 4 is 64.5 Å². The first-order valence-electron chi connectivity index (χ1n) is 11.1. The standard InChI is InChI=1S/C23H24N6O5S3/c24-5-7-35-10-12-4-6-26-9-16(12)37-17-11-36-22-13(21(31)29(22)20(17)23(32)33)8-15(30)19(28-34)14-2-1-3-18(25)27-14/h1-4,6,9,13,22,34H,5,7-8,10-11,24H2,(H2,25,27)(H,32,33)/b28-19-/t13-,22-/m1/s1. The van der Waals surface area contributed by atoms with E-state index in [2.05, 4.69) is 15.1 Å². The molecule has 4 heterocycles. The van der Waals surface area contributed by atoms with Crippen LogP contribution < -0.4 is 11.5 Å². The molecule has 0 spiro atoms. The summed E-state index contributed by atoms with van der Waals surface area (Å²) < 4.78 is 0. The third-order valence-corrected chi connectivity index (χ3v) is 9.38. The number of fused-ring (bicyclic) bond motifs is 1. The molecule has 1 saturated heterocycles. The molecule has 0 unspecified atom stereocenters. The van der Waals surface area contributed by atoms with Crippen LogP contribution in [0, 0.1) is 5.92 Å². The van der Waals surface area contributed by atoms with Gasteiger partial charge in [-0.1, -0.05) is 23.0 Å². The number of Topliss-reactive ketones (excluding diaryl/α,β-unsaturated/α-hetero) is 1. The molecule has 37 heavy (non-hydrogen) atoms. The highest BCUT2D eigenvalue weighted by Gasteiger charge is 2.54. The maximum absolute atomic E-state index is 13.1. The van der Waals surface area contributed by atoms with E-state index < -0.39 is 29.0 Å². The van der Waals surface area contributed by atoms with Gasteiger partial charge < -0.3 is 21.8 Å². The summed E-state index contributed by atoms with van der Waals surface area (Å²) >= 11 is 4.35. The second-order valence-corrected chi connectivity index (χ2v) is 11.4. The van der Waals surface area contributed by atoms with Crippen molar-refractivity contribution in [1.29, 1.82) is 0 Å². The predicted octanol–water partition coefficient (Wildman–Crippen LogP) is 2.01. The lowest BCUT2D eigenvalue weighted by atomic mass is 9.89. The Morgan fingerprint density at radius 2 is 2.11 bits per heavy atom. The molecule has 2 aromatic rings. The smallest absolute Gasteiger partial charge is 0.353 e. The number of hydrogen-bond donors (Lipinski definition) is 4. The van der Waals surface area contributed by atoms with Crippen molar-refractivity contribution in [2.24, 2.45) is 16.8 Å². The molecule has 2 aliphatic heterocycles. The molecule has 1 fully saturated rings. The summed E-state index contributed by atoms with van der Waals surface area (Å²) in [6.07, 6.45) is 3.12. The molecule has 4 rings (SSSR count). The minimum absolute atomic E-state index is 0.0830. The van der Waals surface area contributed by atoms with Gasteiger partial charge in [0, 0.05) is 52.4 Å². The number of nitrogens with two attached hydrogens (primary N) is 2. The Morgan fingerprint density at radius 1 is 1.30 bits per heavy atom. The topological polar surface area (TPSA) is 185 Å². The van der Waals surface area contributed by atoms with E-state index >= 15 is 0 Å². The molecule has 2 aliphatic rings. The maximum Gasteiger partial charge on any atom is 0.353 e. The van der Waals surface area contributed by atoms with Crippen LogP contribution in [0.5, 0.6) is 0 Å². The number of anilines is 1. The molecular formula is C23H24N6O5S3. The van der Waals surface area contributed by atoms with E-state index in [1.54, 1.807) is 30.2 Å². The highest BCUT2D eigenvalue weighted by molar-refractivity contribution is 8.06. The highest BCUT2D eigenvalue weighted by atomic mass is 32.2. The van der Waals surface area contributed by atoms with Crippen LogP contribution in [0.4, 0.5) is 5.82 Å². The molecule has 2 aromatic heterocycles. The predicted molar refractivity (Wildman–Crippen MR) is 143 cm³/mol. The van der Waals surface area contributed by atoms with Gasteiger partial charge in [0.05, 0.1) is 17.0 Å². The number of carbonyl (C=O) groups excluding carboxylic acids is 2. The van der Waals surface area contributed by atoms with Crippen molar-refractivity contribution in [3.63, 3.8) is 0 Å². The molecule has 0 saturated carbocycles. The van der Waals surface area contributed by atoms with E-state index in [0.717, 1.165) is 16.2 Å². The molecule has 14 heteroatoms. The Balaban J connectivity index is 1.52. The van der Waals surface area contributed by atoms with E-state index in [1.807, 2.05) is 6.07 Å². The van der Waals surface area contributed by atoms with Gasteiger partial charge in [-0.05, 0) is 23.8 Å². The van der Waals surface area contributed by atoms with Crippen molar-refractivity contribution in [1.82, 2.24) is 14.9 Å². The molecule has 0 aliphatic carbocycles. The summed E-state index contributed by atoms with van der Waals surface area (Å²) in [7, 11) is 0. The molecule has 6 N–H and O–H groups in total. The fourth-order valence-corrected chi connectivity index (χ4v) is 7.46. The number of nitrogen functional groups attached to an aromatic ring is 1. The first kappa shape index (κ1) is 27.0. The number of β-lactam (4-membered cyclic amide) rings is 1. The van der Waals surface area contributed by atoms with Gasteiger partial charge in [0.2, 0.25) is 5.91 Å². The molecule has 11 nitrogen and oxygen atoms in total. The second kappa shape index (κ2) is 12.0. The van der Waals surface area contributed by atoms with Crippen LogP contribution in [-0.2, 0) is 20.1 Å². The van der Waals surface area contributed by atoms with E-state index in [1.165, 1.54) is 40.6 Å². The van der Waals surface area contributed by atoms with Gasteiger partial charge in [-0.3, -0.25) is 19.5 Å². The number of carboxylic acid groups (broad SMARTS) is 1. The number of carboxylic acids is 1. The Labute approximate surface area is 225 Å². The Bertz CT molecular complexity index is 1290. The first-order valence-corrected chi connectivity index (χ1v) is 14.2. The SMILES string of the molecule is NCCSCc1ccncc1SC1=C(C(=O)O)N2C(=O)[C@@H](CC(=O)/C(=N\O)c3cccc(N)n3)[C@H]2SC1. The first-order chi connectivity index (χ1) is 17.8. The van der Waals surface area contributed by atoms with Crippen molar-refractivity contribution in [2.45, 2.75) is 22.4 Å². The van der Waals surface area contributed by atoms with Gasteiger partial charge in [0.25, 0.3) is 0 Å². The zero-order chi connectivity index (χ0) is 26.5. The number of nitrogens with zero attached hydrogens (tertiary/aromatic N) is 4. The molecule has 0 aromatic carbocycles. The van der Waals surface area contributed by atoms with E-state index in [0.29, 0.717) is 23.0 Å². The number of pyridine rings is 2. The number of amides is 1. The monoisotopic (exact) mass is 560 g/mol. The lowest BCUT2D eigenvalue weighted by Crippen LogP contribution is -2.61. The van der Waals surface area contributed by atoms with Crippen LogP contribution >= 0.6 is 35.3 Å². The lowest BCUT2D eigenvalue weighted by molar-refractivity contribution is -0.153. The molecule has 0 radical (unpaired) electrons. The summed E-state index contributed by atoms with van der Waals surface area (Å²) in [6, 6.07) is 6.45. The molecule has 194 valence electrons. The van der Waals surface area contributed by atoms with Crippen molar-refractivity contribution in [2.75, 3.05) is 23.8 Å². The summed E-state index contributed by atoms with van der Waals surface area (Å²) in [5, 5.41) is 22.0. The Kier molecular flexibility index (Phi) is 8.74. The number of rotatable bonds is 11. The zero-order valence-electron chi connectivity index (χ0n) is 19.4. The highest BCUT2D eigenvalue weighted by Crippen LogP contribution is 2.49. The fraction of sp³-hybridized carbons (Fsp3) is 0.304. The quantitative estimate of drug-likeness (QED) is 0.103. The number of aliphatic carboxylic acids is 1. The van der Waals surface area contributed by atoms with Crippen LogP contribution in [0.3, 0.4) is 0 Å². The number of carbonyl (C=O) groups is 3. The van der Waals surface area contributed by atoms with Crippen molar-refractivity contribution in [3.8, 4) is 0 Å². The number of ketones is 1. The summed E-state index contributed by atoms with van der Waals surface area (Å²) in [6.45, 7) is 0.562. The van der Waals surface area contributed by atoms with Crippen LogP contribution in [0.1, 0.15) is 17.7 Å². The molecule has 1 amide bonds. The third-order valence-electron chi connectivity index (χ3n) is 5.65. The number of aromatic nitrogens is 2. The van der Waals surface area contributed by atoms with Crippen LogP contribution in [0.25, 0.3) is 0 Å². The minimum atomic E-state index is -1.21. The third kappa shape index (κ3) is 5.76. The van der Waals surface area contributed by atoms with Gasteiger partial charge in [-0.15, -0.1) is 11.8 Å². The van der Waals surface area contributed by atoms with Gasteiger partial charge in [-0.2, -0.15) is 11.8 Å². The van der Waals surface area contributed by atoms with E-state index in [9.17, 15) is 24.7 Å². The summed E-state index contributed by atoms with van der Waals surface area (Å²) in [5.41, 5.74) is 11.9. The minimum Gasteiger partial charge on any atom is -0.477 e. The second-order valence-electron chi connectivity index (χ2n) is 8.04. The summed E-state index contributed by atoms with van der Waals surface area (Å²) in [4.78, 5) is 49.0. The summed E-state index contributed by atoms with van der Waals surface area (Å²) in [5.74, 6) is -1.01. The molecule has 2 atom stereocenters. The number of hydrogen-bond acceptors (Lipinski definition) is 12. The normalized spacial score (nSPS) is 19.4. The van der Waals surface area contributed by atoms with Gasteiger partial charge in [0.15, 0.2) is 11.5 Å². The molecular weight excluding hydrogens is 536 g/mol. The van der Waals surface area contributed by atoms with Crippen molar-refractivity contribution < 1.29 is 24.7 Å². The van der Waals surface area contributed by atoms with Gasteiger partial charge in [0.1, 0.15) is 11.5 Å². The number of thioether (sulfide) groups is 3.